The first-order valence-corrected chi connectivity index (χ1v) is 7.35. The van der Waals surface area contributed by atoms with Gasteiger partial charge < -0.3 is 19.6 Å². The van der Waals surface area contributed by atoms with E-state index in [1.165, 1.54) is 6.26 Å². The van der Waals surface area contributed by atoms with Crippen LogP contribution < -0.4 is 5.32 Å². The highest BCUT2D eigenvalue weighted by Crippen LogP contribution is 2.25. The first-order valence-electron chi connectivity index (χ1n) is 7.35. The van der Waals surface area contributed by atoms with Crippen LogP contribution in [-0.4, -0.2) is 28.8 Å². The molecule has 1 aromatic heterocycles. The van der Waals surface area contributed by atoms with Crippen LogP contribution >= 0.6 is 0 Å². The number of para-hydroxylation sites is 1. The lowest BCUT2D eigenvalue weighted by molar-refractivity contribution is -0.139. The molecule has 0 spiro atoms. The van der Waals surface area contributed by atoms with E-state index < -0.39 is 23.7 Å². The molecule has 1 atom stereocenters. The van der Waals surface area contributed by atoms with Crippen molar-refractivity contribution in [2.75, 3.05) is 0 Å². The molecule has 23 heavy (non-hydrogen) atoms. The lowest BCUT2D eigenvalue weighted by Gasteiger charge is -2.21. The van der Waals surface area contributed by atoms with Crippen LogP contribution in [0.2, 0.25) is 0 Å². The number of ether oxygens (including phenoxy) is 1. The number of aryl methyl sites for hydroxylation is 1. The van der Waals surface area contributed by atoms with Gasteiger partial charge in [-0.3, -0.25) is 0 Å². The van der Waals surface area contributed by atoms with Gasteiger partial charge in [0.1, 0.15) is 17.2 Å². The molecule has 2 N–H and O–H groups in total. The van der Waals surface area contributed by atoms with Crippen molar-refractivity contribution in [1.82, 2.24) is 5.32 Å². The minimum absolute atomic E-state index is 0.116. The molecule has 0 aliphatic heterocycles. The van der Waals surface area contributed by atoms with Gasteiger partial charge in [0.25, 0.3) is 0 Å². The Morgan fingerprint density at radius 3 is 2.65 bits per heavy atom. The van der Waals surface area contributed by atoms with Crippen LogP contribution in [0.1, 0.15) is 31.9 Å². The molecular weight excluding hydrogens is 298 g/mol. The molecule has 124 valence electrons. The third kappa shape index (κ3) is 4.25. The molecule has 0 fully saturated rings. The highest BCUT2D eigenvalue weighted by Gasteiger charge is 2.25. The van der Waals surface area contributed by atoms with Gasteiger partial charge in [0.2, 0.25) is 0 Å². The fraction of sp³-hybridized carbons (Fsp3) is 0.412. The van der Waals surface area contributed by atoms with Gasteiger partial charge in [0.15, 0.2) is 0 Å². The molecule has 6 nitrogen and oxygen atoms in total. The Hall–Kier alpha value is -2.50. The number of alkyl carbamates (subject to hydrolysis) is 1. The van der Waals surface area contributed by atoms with Crippen LogP contribution in [-0.2, 0) is 16.0 Å². The minimum Gasteiger partial charge on any atom is -0.480 e. The number of carboxylic acid groups (broad SMARTS) is 1. The van der Waals surface area contributed by atoms with Crippen LogP contribution in [0.25, 0.3) is 11.0 Å². The van der Waals surface area contributed by atoms with Crippen molar-refractivity contribution >= 4 is 23.0 Å². The van der Waals surface area contributed by atoms with Gasteiger partial charge in [-0.2, -0.15) is 0 Å². The van der Waals surface area contributed by atoms with Crippen LogP contribution in [0.15, 0.2) is 28.9 Å². The first kappa shape index (κ1) is 16.9. The molecular formula is C17H21NO5. The second-order valence-electron chi connectivity index (χ2n) is 6.45. The Labute approximate surface area is 134 Å². The number of nitrogens with one attached hydrogen (secondary N) is 1. The maximum atomic E-state index is 11.8. The summed E-state index contributed by atoms with van der Waals surface area (Å²) in [5.74, 6) is -1.13. The molecule has 1 unspecified atom stereocenters. The highest BCUT2D eigenvalue weighted by atomic mass is 16.6. The molecule has 2 rings (SSSR count). The largest absolute Gasteiger partial charge is 0.480 e. The van der Waals surface area contributed by atoms with Gasteiger partial charge >= 0.3 is 12.1 Å². The predicted octanol–water partition coefficient (Wildman–Crippen LogP) is 3.26. The monoisotopic (exact) mass is 319 g/mol. The highest BCUT2D eigenvalue weighted by molar-refractivity contribution is 5.85. The third-order valence-corrected chi connectivity index (χ3v) is 3.29. The van der Waals surface area contributed by atoms with Crippen molar-refractivity contribution in [3.05, 3.63) is 35.6 Å². The fourth-order valence-corrected chi connectivity index (χ4v) is 2.28. The number of furan rings is 1. The summed E-state index contributed by atoms with van der Waals surface area (Å²) in [4.78, 5) is 23.2. The first-order chi connectivity index (χ1) is 10.7. The van der Waals surface area contributed by atoms with Crippen LogP contribution in [0.4, 0.5) is 4.79 Å². The molecule has 1 heterocycles. The Kier molecular flexibility index (Phi) is 4.63. The number of amides is 1. The zero-order valence-electron chi connectivity index (χ0n) is 13.7. The molecule has 0 bridgehead atoms. The van der Waals surface area contributed by atoms with E-state index in [0.29, 0.717) is 0 Å². The Balaban J connectivity index is 2.17. The molecule has 0 aliphatic rings. The van der Waals surface area contributed by atoms with E-state index >= 15 is 0 Å². The third-order valence-electron chi connectivity index (χ3n) is 3.29. The van der Waals surface area contributed by atoms with Crippen molar-refractivity contribution < 1.29 is 23.8 Å². The van der Waals surface area contributed by atoms with Gasteiger partial charge in [0, 0.05) is 17.4 Å². The normalized spacial score (nSPS) is 12.9. The van der Waals surface area contributed by atoms with Crippen molar-refractivity contribution in [1.29, 1.82) is 0 Å². The van der Waals surface area contributed by atoms with Crippen molar-refractivity contribution in [3.63, 3.8) is 0 Å². The number of fused-ring (bicyclic) bond motifs is 1. The van der Waals surface area contributed by atoms with Crippen molar-refractivity contribution in [3.8, 4) is 0 Å². The Morgan fingerprint density at radius 2 is 2.04 bits per heavy atom. The van der Waals surface area contributed by atoms with Crippen LogP contribution in [0, 0.1) is 6.92 Å². The van der Waals surface area contributed by atoms with E-state index in [1.807, 2.05) is 25.1 Å². The second-order valence-corrected chi connectivity index (χ2v) is 6.45. The topological polar surface area (TPSA) is 88.8 Å². The summed E-state index contributed by atoms with van der Waals surface area (Å²) >= 11 is 0. The number of carbonyl (C=O) groups is 2. The number of aliphatic carboxylic acids is 1. The summed E-state index contributed by atoms with van der Waals surface area (Å²) in [6.07, 6.45) is 0.893. The summed E-state index contributed by atoms with van der Waals surface area (Å²) in [5.41, 5.74) is 1.74. The van der Waals surface area contributed by atoms with Gasteiger partial charge in [-0.1, -0.05) is 18.2 Å². The smallest absolute Gasteiger partial charge is 0.408 e. The van der Waals surface area contributed by atoms with E-state index in [2.05, 4.69) is 5.32 Å². The summed E-state index contributed by atoms with van der Waals surface area (Å²) in [6, 6.07) is 4.58. The van der Waals surface area contributed by atoms with Gasteiger partial charge in [0.05, 0.1) is 6.26 Å². The molecule has 0 radical (unpaired) electrons. The summed E-state index contributed by atoms with van der Waals surface area (Å²) in [6.45, 7) is 7.07. The minimum atomic E-state index is -1.13. The number of carbonyl (C=O) groups excluding carboxylic acids is 1. The predicted molar refractivity (Wildman–Crippen MR) is 85.4 cm³/mol. The van der Waals surface area contributed by atoms with Gasteiger partial charge in [-0.15, -0.1) is 0 Å². The number of rotatable bonds is 4. The summed E-state index contributed by atoms with van der Waals surface area (Å²) < 4.78 is 10.6. The molecule has 2 aromatic rings. The average molecular weight is 319 g/mol. The average Bonchev–Trinajstić information content (AvgIpc) is 2.80. The maximum Gasteiger partial charge on any atom is 0.408 e. The lowest BCUT2D eigenvalue weighted by Crippen LogP contribution is -2.44. The second kappa shape index (κ2) is 6.32. The number of benzene rings is 1. The summed E-state index contributed by atoms with van der Waals surface area (Å²) in [5, 5.41) is 12.6. The lowest BCUT2D eigenvalue weighted by atomic mass is 10.0. The van der Waals surface area contributed by atoms with Crippen molar-refractivity contribution in [2.45, 2.75) is 45.8 Å². The van der Waals surface area contributed by atoms with E-state index in [4.69, 9.17) is 9.15 Å². The zero-order chi connectivity index (χ0) is 17.2. The van der Waals surface area contributed by atoms with E-state index in [-0.39, 0.29) is 6.42 Å². The molecule has 6 heteroatoms. The maximum absolute atomic E-state index is 11.8. The molecule has 0 saturated carbocycles. The van der Waals surface area contributed by atoms with E-state index in [1.54, 1.807) is 20.8 Å². The fourth-order valence-electron chi connectivity index (χ4n) is 2.28. The SMILES string of the molecule is Cc1cccc2c(CC(NC(=O)OC(C)(C)C)C(=O)O)coc12. The van der Waals surface area contributed by atoms with Gasteiger partial charge in [-0.25, -0.2) is 9.59 Å². The molecule has 0 saturated heterocycles. The quantitative estimate of drug-likeness (QED) is 0.903. The van der Waals surface area contributed by atoms with E-state index in [0.717, 1.165) is 22.1 Å². The zero-order valence-corrected chi connectivity index (χ0v) is 13.7. The summed E-state index contributed by atoms with van der Waals surface area (Å²) in [7, 11) is 0. The number of hydrogen-bond acceptors (Lipinski definition) is 4. The Bertz CT molecular complexity index is 726. The Morgan fingerprint density at radius 1 is 1.35 bits per heavy atom. The van der Waals surface area contributed by atoms with Crippen LogP contribution in [0.3, 0.4) is 0 Å². The van der Waals surface area contributed by atoms with Crippen molar-refractivity contribution in [2.24, 2.45) is 0 Å². The van der Waals surface area contributed by atoms with Crippen LogP contribution in [0.5, 0.6) is 0 Å². The molecule has 1 amide bonds. The molecule has 1 aromatic carbocycles. The number of hydrogen-bond donors (Lipinski definition) is 2. The molecule has 0 aliphatic carbocycles. The number of carboxylic acids is 1. The van der Waals surface area contributed by atoms with Gasteiger partial charge in [-0.05, 0) is 33.3 Å². The van der Waals surface area contributed by atoms with E-state index in [9.17, 15) is 14.7 Å². The standard InChI is InChI=1S/C17H21NO5/c1-10-6-5-7-12-11(9-22-14(10)12)8-13(15(19)20)18-16(21)23-17(2,3)4/h5-7,9,13H,8H2,1-4H3,(H,18,21)(H,19,20).